The minimum absolute atomic E-state index is 0.598. The average Bonchev–Trinajstić information content (AvgIpc) is 2.90. The summed E-state index contributed by atoms with van der Waals surface area (Å²) in [6, 6.07) is 3.76. The van der Waals surface area contributed by atoms with E-state index in [1.807, 2.05) is 12.1 Å². The van der Waals surface area contributed by atoms with E-state index in [9.17, 15) is 0 Å². The molecule has 0 atom stereocenters. The summed E-state index contributed by atoms with van der Waals surface area (Å²) >= 11 is 0. The molecule has 19 heavy (non-hydrogen) atoms. The van der Waals surface area contributed by atoms with Gasteiger partial charge in [-0.25, -0.2) is 4.63 Å². The molecule has 3 N–H and O–H groups in total. The van der Waals surface area contributed by atoms with Gasteiger partial charge in [-0.15, -0.1) is 0 Å². The van der Waals surface area contributed by atoms with Gasteiger partial charge in [-0.1, -0.05) is 39.0 Å². The maximum atomic E-state index is 5.80. The number of unbranched alkanes of at least 4 members (excludes halogenated alkanes) is 5. The number of nitrogen functional groups attached to an aromatic ring is 1. The Morgan fingerprint density at radius 3 is 2.63 bits per heavy atom. The highest BCUT2D eigenvalue weighted by atomic mass is 16.6. The second-order valence-corrected chi connectivity index (χ2v) is 4.86. The number of benzene rings is 1. The van der Waals surface area contributed by atoms with Crippen molar-refractivity contribution in [3.05, 3.63) is 12.1 Å². The number of anilines is 2. The van der Waals surface area contributed by atoms with E-state index in [1.165, 1.54) is 38.5 Å². The van der Waals surface area contributed by atoms with Crippen LogP contribution in [0.4, 0.5) is 11.4 Å². The summed E-state index contributed by atoms with van der Waals surface area (Å²) in [7, 11) is 0. The van der Waals surface area contributed by atoms with Crippen molar-refractivity contribution in [3.63, 3.8) is 0 Å². The topological polar surface area (TPSA) is 77.0 Å². The van der Waals surface area contributed by atoms with Crippen LogP contribution in [-0.4, -0.2) is 16.9 Å². The third-order valence-electron chi connectivity index (χ3n) is 3.29. The zero-order chi connectivity index (χ0) is 13.5. The Labute approximate surface area is 113 Å². The fourth-order valence-electron chi connectivity index (χ4n) is 2.16. The van der Waals surface area contributed by atoms with Gasteiger partial charge in [0.1, 0.15) is 0 Å². The first-order valence-electron chi connectivity index (χ1n) is 7.07. The lowest BCUT2D eigenvalue weighted by Crippen LogP contribution is -2.02. The Kier molecular flexibility index (Phi) is 5.01. The quantitative estimate of drug-likeness (QED) is 0.561. The predicted molar refractivity (Wildman–Crippen MR) is 78.1 cm³/mol. The molecule has 2 aromatic rings. The van der Waals surface area contributed by atoms with Crippen molar-refractivity contribution in [1.29, 1.82) is 0 Å². The zero-order valence-corrected chi connectivity index (χ0v) is 11.5. The third-order valence-corrected chi connectivity index (χ3v) is 3.29. The van der Waals surface area contributed by atoms with Crippen LogP contribution in [0.15, 0.2) is 16.8 Å². The molecule has 1 heterocycles. The smallest absolute Gasteiger partial charge is 0.160 e. The van der Waals surface area contributed by atoms with E-state index in [2.05, 4.69) is 22.6 Å². The number of nitrogens with zero attached hydrogens (tertiary/aromatic N) is 2. The van der Waals surface area contributed by atoms with Gasteiger partial charge in [-0.2, -0.15) is 0 Å². The molecule has 5 heteroatoms. The minimum atomic E-state index is 0.598. The number of nitrogens with one attached hydrogen (secondary N) is 1. The van der Waals surface area contributed by atoms with Crippen LogP contribution >= 0.6 is 0 Å². The first-order valence-corrected chi connectivity index (χ1v) is 7.07. The normalized spacial score (nSPS) is 11.0. The van der Waals surface area contributed by atoms with Crippen LogP contribution < -0.4 is 11.1 Å². The van der Waals surface area contributed by atoms with Gasteiger partial charge in [0.05, 0.1) is 11.4 Å². The first kappa shape index (κ1) is 13.6. The maximum Gasteiger partial charge on any atom is 0.160 e. The number of rotatable bonds is 8. The molecule has 0 amide bonds. The summed E-state index contributed by atoms with van der Waals surface area (Å²) in [5.41, 5.74) is 8.69. The van der Waals surface area contributed by atoms with Gasteiger partial charge in [-0.05, 0) is 28.9 Å². The van der Waals surface area contributed by atoms with Crippen LogP contribution in [0.5, 0.6) is 0 Å². The second kappa shape index (κ2) is 6.97. The van der Waals surface area contributed by atoms with Crippen molar-refractivity contribution in [1.82, 2.24) is 10.3 Å². The lowest BCUT2D eigenvalue weighted by atomic mass is 10.1. The fourth-order valence-corrected chi connectivity index (χ4v) is 2.16. The van der Waals surface area contributed by atoms with Crippen molar-refractivity contribution in [2.75, 3.05) is 17.6 Å². The van der Waals surface area contributed by atoms with Crippen molar-refractivity contribution in [3.8, 4) is 0 Å². The molecule has 0 saturated carbocycles. The summed E-state index contributed by atoms with van der Waals surface area (Å²) in [6.07, 6.45) is 7.73. The van der Waals surface area contributed by atoms with Crippen LogP contribution in [0.25, 0.3) is 11.0 Å². The van der Waals surface area contributed by atoms with Gasteiger partial charge in [0, 0.05) is 6.54 Å². The Morgan fingerprint density at radius 2 is 1.79 bits per heavy atom. The van der Waals surface area contributed by atoms with Gasteiger partial charge in [0.25, 0.3) is 0 Å². The van der Waals surface area contributed by atoms with Crippen molar-refractivity contribution >= 4 is 22.4 Å². The highest BCUT2D eigenvalue weighted by molar-refractivity contribution is 5.94. The van der Waals surface area contributed by atoms with Gasteiger partial charge in [-0.3, -0.25) is 0 Å². The van der Waals surface area contributed by atoms with Gasteiger partial charge in [0.15, 0.2) is 11.0 Å². The third kappa shape index (κ3) is 3.59. The van der Waals surface area contributed by atoms with Crippen LogP contribution in [-0.2, 0) is 0 Å². The van der Waals surface area contributed by atoms with Crippen molar-refractivity contribution < 1.29 is 4.63 Å². The molecule has 1 aromatic heterocycles. The molecule has 1 aromatic carbocycles. The van der Waals surface area contributed by atoms with E-state index in [-0.39, 0.29) is 0 Å². The van der Waals surface area contributed by atoms with Crippen molar-refractivity contribution in [2.45, 2.75) is 45.4 Å². The highest BCUT2D eigenvalue weighted by Crippen LogP contribution is 2.25. The number of hydrogen-bond donors (Lipinski definition) is 2. The minimum Gasteiger partial charge on any atom is -0.397 e. The predicted octanol–water partition coefficient (Wildman–Crippen LogP) is 3.58. The second-order valence-electron chi connectivity index (χ2n) is 4.86. The fraction of sp³-hybridized carbons (Fsp3) is 0.571. The van der Waals surface area contributed by atoms with Gasteiger partial charge < -0.3 is 11.1 Å². The number of hydrogen-bond acceptors (Lipinski definition) is 5. The Morgan fingerprint density at radius 1 is 1.05 bits per heavy atom. The molecule has 5 nitrogen and oxygen atoms in total. The summed E-state index contributed by atoms with van der Waals surface area (Å²) < 4.78 is 4.74. The molecule has 0 aliphatic carbocycles. The van der Waals surface area contributed by atoms with E-state index in [1.54, 1.807) is 0 Å². The summed E-state index contributed by atoms with van der Waals surface area (Å²) in [4.78, 5) is 0. The highest BCUT2D eigenvalue weighted by Gasteiger charge is 2.09. The number of fused-ring (bicyclic) bond motifs is 1. The summed E-state index contributed by atoms with van der Waals surface area (Å²) in [5.74, 6) is 0. The molecule has 0 bridgehead atoms. The van der Waals surface area contributed by atoms with Crippen LogP contribution in [0.3, 0.4) is 0 Å². The van der Waals surface area contributed by atoms with Crippen LogP contribution in [0.1, 0.15) is 45.4 Å². The van der Waals surface area contributed by atoms with E-state index in [0.29, 0.717) is 16.7 Å². The largest absolute Gasteiger partial charge is 0.397 e. The molecule has 0 fully saturated rings. The SMILES string of the molecule is CCCCCCCCNc1ccc(N)c2nonc12. The molecule has 0 spiro atoms. The molecule has 0 saturated heterocycles. The summed E-state index contributed by atoms with van der Waals surface area (Å²) in [5, 5.41) is 11.1. The first-order chi connectivity index (χ1) is 9.33. The maximum absolute atomic E-state index is 5.80. The van der Waals surface area contributed by atoms with E-state index < -0.39 is 0 Å². The molecule has 104 valence electrons. The van der Waals surface area contributed by atoms with Crippen LogP contribution in [0.2, 0.25) is 0 Å². The molecular weight excluding hydrogens is 240 g/mol. The Balaban J connectivity index is 1.79. The number of aromatic nitrogens is 2. The zero-order valence-electron chi connectivity index (χ0n) is 11.5. The molecule has 0 aliphatic heterocycles. The average molecular weight is 262 g/mol. The van der Waals surface area contributed by atoms with Gasteiger partial charge >= 0.3 is 0 Å². The number of nitrogens with two attached hydrogens (primary N) is 1. The molecular formula is C14H22N4O. The van der Waals surface area contributed by atoms with E-state index in [4.69, 9.17) is 10.4 Å². The van der Waals surface area contributed by atoms with E-state index >= 15 is 0 Å². The lowest BCUT2D eigenvalue weighted by molar-refractivity contribution is 0.316. The van der Waals surface area contributed by atoms with Crippen LogP contribution in [0, 0.1) is 0 Å². The molecule has 2 rings (SSSR count). The van der Waals surface area contributed by atoms with Gasteiger partial charge in [0.2, 0.25) is 0 Å². The monoisotopic (exact) mass is 262 g/mol. The van der Waals surface area contributed by atoms with E-state index in [0.717, 1.165) is 12.2 Å². The Hall–Kier alpha value is -1.78. The standard InChI is InChI=1S/C14H22N4O/c1-2-3-4-5-6-7-10-16-12-9-8-11(15)13-14(12)18-19-17-13/h8-9,16H,2-7,10,15H2,1H3. The molecule has 0 unspecified atom stereocenters. The lowest BCUT2D eigenvalue weighted by Gasteiger charge is -2.06. The summed E-state index contributed by atoms with van der Waals surface area (Å²) in [6.45, 7) is 3.18. The molecule has 0 aliphatic rings. The van der Waals surface area contributed by atoms with Crippen molar-refractivity contribution in [2.24, 2.45) is 0 Å². The molecule has 0 radical (unpaired) electrons. The Bertz CT molecular complexity index is 509.